The van der Waals surface area contributed by atoms with E-state index in [1.54, 1.807) is 12.1 Å². The summed E-state index contributed by atoms with van der Waals surface area (Å²) in [6, 6.07) is 6.36. The molecular weight excluding hydrogens is 322 g/mol. The maximum Gasteiger partial charge on any atom is 0.339 e. The number of ether oxygens (including phenoxy) is 2. The van der Waals surface area contributed by atoms with Crippen molar-refractivity contribution in [2.75, 3.05) is 13.7 Å². The molecule has 2 rings (SSSR count). The van der Waals surface area contributed by atoms with Gasteiger partial charge in [0.05, 0.1) is 18.2 Å². The van der Waals surface area contributed by atoms with Crippen LogP contribution in [0.1, 0.15) is 65.7 Å². The Balaban J connectivity index is 1.87. The Morgan fingerprint density at radius 1 is 0.960 bits per heavy atom. The molecule has 0 radical (unpaired) electrons. The molecule has 0 unspecified atom stereocenters. The standard InChI is InChI=1S/C19H25NO5/c1-24-18(22)15-11-7-8-12-16(15)19(23)25-13-17(21)20-14-9-5-3-2-4-6-10-14/h7-8,11-12,14H,2-6,9-10,13H2,1H3,(H,20,21). The molecule has 25 heavy (non-hydrogen) atoms. The molecule has 6 nitrogen and oxygen atoms in total. The van der Waals surface area contributed by atoms with Gasteiger partial charge in [-0.2, -0.15) is 0 Å². The number of hydrogen-bond donors (Lipinski definition) is 1. The average molecular weight is 347 g/mol. The SMILES string of the molecule is COC(=O)c1ccccc1C(=O)OCC(=O)NC1CCCCCCC1. The lowest BCUT2D eigenvalue weighted by Gasteiger charge is -2.21. The number of nitrogens with one attached hydrogen (secondary N) is 1. The molecule has 6 heteroatoms. The number of rotatable bonds is 5. The third-order valence-corrected chi connectivity index (χ3v) is 4.36. The highest BCUT2D eigenvalue weighted by Gasteiger charge is 2.20. The first-order chi connectivity index (χ1) is 12.1. The Morgan fingerprint density at radius 3 is 2.12 bits per heavy atom. The predicted octanol–water partition coefficient (Wildman–Crippen LogP) is 2.86. The van der Waals surface area contributed by atoms with Gasteiger partial charge in [0.15, 0.2) is 6.61 Å². The highest BCUT2D eigenvalue weighted by atomic mass is 16.5. The molecular formula is C19H25NO5. The van der Waals surface area contributed by atoms with Gasteiger partial charge in [-0.3, -0.25) is 4.79 Å². The summed E-state index contributed by atoms with van der Waals surface area (Å²) in [5.41, 5.74) is 0.212. The van der Waals surface area contributed by atoms with Gasteiger partial charge < -0.3 is 14.8 Å². The van der Waals surface area contributed by atoms with Crippen LogP contribution in [0, 0.1) is 0 Å². The van der Waals surface area contributed by atoms with E-state index in [4.69, 9.17) is 4.74 Å². The number of carbonyl (C=O) groups is 3. The third-order valence-electron chi connectivity index (χ3n) is 4.36. The van der Waals surface area contributed by atoms with Gasteiger partial charge in [-0.05, 0) is 25.0 Å². The van der Waals surface area contributed by atoms with Gasteiger partial charge in [-0.1, -0.05) is 44.2 Å². The van der Waals surface area contributed by atoms with E-state index in [9.17, 15) is 14.4 Å². The first kappa shape index (κ1) is 19.0. The van der Waals surface area contributed by atoms with E-state index in [0.717, 1.165) is 25.7 Å². The number of carbonyl (C=O) groups excluding carboxylic acids is 3. The van der Waals surface area contributed by atoms with Gasteiger partial charge in [0.25, 0.3) is 5.91 Å². The molecule has 0 heterocycles. The highest BCUT2D eigenvalue weighted by Crippen LogP contribution is 2.17. The molecule has 0 aromatic heterocycles. The summed E-state index contributed by atoms with van der Waals surface area (Å²) >= 11 is 0. The van der Waals surface area contributed by atoms with Crippen molar-refractivity contribution < 1.29 is 23.9 Å². The number of esters is 2. The van der Waals surface area contributed by atoms with E-state index in [0.29, 0.717) is 0 Å². The summed E-state index contributed by atoms with van der Waals surface area (Å²) in [7, 11) is 1.24. The number of hydrogen-bond acceptors (Lipinski definition) is 5. The minimum Gasteiger partial charge on any atom is -0.465 e. The van der Waals surface area contributed by atoms with Crippen LogP contribution >= 0.6 is 0 Å². The Kier molecular flexibility index (Phi) is 7.44. The average Bonchev–Trinajstić information content (AvgIpc) is 2.61. The second-order valence-corrected chi connectivity index (χ2v) is 6.22. The van der Waals surface area contributed by atoms with E-state index < -0.39 is 11.9 Å². The van der Waals surface area contributed by atoms with Crippen molar-refractivity contribution in [3.63, 3.8) is 0 Å². The maximum atomic E-state index is 12.2. The molecule has 1 aliphatic carbocycles. The van der Waals surface area contributed by atoms with Crippen LogP contribution in [0.15, 0.2) is 24.3 Å². The van der Waals surface area contributed by atoms with Crippen LogP contribution in [0.25, 0.3) is 0 Å². The normalized spacial score (nSPS) is 15.6. The zero-order chi connectivity index (χ0) is 18.1. The molecule has 0 atom stereocenters. The topological polar surface area (TPSA) is 81.7 Å². The van der Waals surface area contributed by atoms with Crippen molar-refractivity contribution in [3.05, 3.63) is 35.4 Å². The van der Waals surface area contributed by atoms with E-state index in [1.165, 1.54) is 38.5 Å². The molecule has 0 saturated heterocycles. The molecule has 1 aliphatic rings. The molecule has 136 valence electrons. The fourth-order valence-electron chi connectivity index (χ4n) is 3.03. The summed E-state index contributed by atoms with van der Waals surface area (Å²) in [4.78, 5) is 35.9. The molecule has 1 N–H and O–H groups in total. The first-order valence-corrected chi connectivity index (χ1v) is 8.75. The molecule has 1 fully saturated rings. The quantitative estimate of drug-likeness (QED) is 0.828. The van der Waals surface area contributed by atoms with Gasteiger partial charge in [-0.25, -0.2) is 9.59 Å². The van der Waals surface area contributed by atoms with E-state index in [-0.39, 0.29) is 29.7 Å². The number of amides is 1. The monoisotopic (exact) mass is 347 g/mol. The number of methoxy groups -OCH3 is 1. The molecule has 0 spiro atoms. The van der Waals surface area contributed by atoms with E-state index in [2.05, 4.69) is 10.1 Å². The molecule has 1 amide bonds. The van der Waals surface area contributed by atoms with Crippen LogP contribution in [-0.4, -0.2) is 37.6 Å². The molecule has 1 saturated carbocycles. The van der Waals surface area contributed by atoms with Gasteiger partial charge in [-0.15, -0.1) is 0 Å². The summed E-state index contributed by atoms with van der Waals surface area (Å²) in [6.45, 7) is -0.356. The lowest BCUT2D eigenvalue weighted by atomic mass is 9.97. The smallest absolute Gasteiger partial charge is 0.339 e. The number of benzene rings is 1. The van der Waals surface area contributed by atoms with Crippen LogP contribution < -0.4 is 5.32 Å². The largest absolute Gasteiger partial charge is 0.465 e. The third kappa shape index (κ3) is 5.89. The Hall–Kier alpha value is -2.37. The minimum atomic E-state index is -0.714. The Bertz CT molecular complexity index is 606. The van der Waals surface area contributed by atoms with Gasteiger partial charge >= 0.3 is 11.9 Å². The summed E-state index contributed by atoms with van der Waals surface area (Å²) < 4.78 is 9.71. The van der Waals surface area contributed by atoms with Crippen LogP contribution in [0.3, 0.4) is 0 Å². The zero-order valence-electron chi connectivity index (χ0n) is 14.6. The van der Waals surface area contributed by atoms with Crippen molar-refractivity contribution in [3.8, 4) is 0 Å². The Morgan fingerprint density at radius 2 is 1.52 bits per heavy atom. The molecule has 1 aromatic rings. The second-order valence-electron chi connectivity index (χ2n) is 6.22. The van der Waals surface area contributed by atoms with Gasteiger partial charge in [0, 0.05) is 6.04 Å². The predicted molar refractivity (Wildman–Crippen MR) is 92.3 cm³/mol. The van der Waals surface area contributed by atoms with E-state index >= 15 is 0 Å². The molecule has 1 aromatic carbocycles. The minimum absolute atomic E-state index is 0.0908. The summed E-state index contributed by atoms with van der Waals surface area (Å²) in [6.07, 6.45) is 7.80. The van der Waals surface area contributed by atoms with Crippen molar-refractivity contribution in [1.82, 2.24) is 5.32 Å². The Labute approximate surface area is 147 Å². The van der Waals surface area contributed by atoms with Gasteiger partial charge in [0.2, 0.25) is 0 Å². The van der Waals surface area contributed by atoms with Crippen molar-refractivity contribution in [1.29, 1.82) is 0 Å². The lowest BCUT2D eigenvalue weighted by Crippen LogP contribution is -2.38. The fourth-order valence-corrected chi connectivity index (χ4v) is 3.03. The summed E-state index contributed by atoms with van der Waals surface area (Å²) in [5.74, 6) is -1.64. The van der Waals surface area contributed by atoms with Crippen molar-refractivity contribution in [2.24, 2.45) is 0 Å². The van der Waals surface area contributed by atoms with Crippen LogP contribution in [0.2, 0.25) is 0 Å². The lowest BCUT2D eigenvalue weighted by molar-refractivity contribution is -0.125. The fraction of sp³-hybridized carbons (Fsp3) is 0.526. The van der Waals surface area contributed by atoms with Crippen molar-refractivity contribution in [2.45, 2.75) is 51.0 Å². The van der Waals surface area contributed by atoms with Crippen LogP contribution in [0.4, 0.5) is 0 Å². The molecule has 0 bridgehead atoms. The zero-order valence-corrected chi connectivity index (χ0v) is 14.6. The first-order valence-electron chi connectivity index (χ1n) is 8.75. The highest BCUT2D eigenvalue weighted by molar-refractivity contribution is 6.03. The van der Waals surface area contributed by atoms with Crippen LogP contribution in [0.5, 0.6) is 0 Å². The maximum absolute atomic E-state index is 12.2. The summed E-state index contributed by atoms with van der Waals surface area (Å²) in [5, 5.41) is 2.93. The molecule has 0 aliphatic heterocycles. The van der Waals surface area contributed by atoms with E-state index in [1.807, 2.05) is 0 Å². The van der Waals surface area contributed by atoms with Crippen LogP contribution in [-0.2, 0) is 14.3 Å². The van der Waals surface area contributed by atoms with Crippen molar-refractivity contribution >= 4 is 17.8 Å². The second kappa shape index (κ2) is 9.81. The van der Waals surface area contributed by atoms with Gasteiger partial charge in [0.1, 0.15) is 0 Å².